The van der Waals surface area contributed by atoms with Gasteiger partial charge in [-0.2, -0.15) is 0 Å². The second kappa shape index (κ2) is 4.33. The monoisotopic (exact) mass is 270 g/mol. The van der Waals surface area contributed by atoms with Crippen molar-refractivity contribution >= 4 is 5.82 Å². The predicted molar refractivity (Wildman–Crippen MR) is 81.6 cm³/mol. The maximum absolute atomic E-state index is 6.38. The molecule has 2 aromatic heterocycles. The van der Waals surface area contributed by atoms with Gasteiger partial charge in [-0.15, -0.1) is 0 Å². The van der Waals surface area contributed by atoms with Crippen molar-refractivity contribution in [2.75, 3.05) is 5.73 Å². The third-order valence-corrected chi connectivity index (χ3v) is 3.72. The van der Waals surface area contributed by atoms with Gasteiger partial charge in [0.2, 0.25) is 0 Å². The number of hydrogen-bond donors (Lipinski definition) is 1. The van der Waals surface area contributed by atoms with E-state index in [1.165, 1.54) is 12.8 Å². The van der Waals surface area contributed by atoms with Crippen molar-refractivity contribution in [3.05, 3.63) is 29.8 Å². The second-order valence-electron chi connectivity index (χ2n) is 6.71. The van der Waals surface area contributed by atoms with E-state index >= 15 is 0 Å². The van der Waals surface area contributed by atoms with Gasteiger partial charge in [-0.3, -0.25) is 4.98 Å². The first-order valence-corrected chi connectivity index (χ1v) is 7.19. The zero-order valence-corrected chi connectivity index (χ0v) is 12.6. The van der Waals surface area contributed by atoms with Crippen LogP contribution in [0, 0.1) is 6.92 Å². The van der Waals surface area contributed by atoms with E-state index in [0.717, 1.165) is 28.6 Å². The summed E-state index contributed by atoms with van der Waals surface area (Å²) < 4.78 is 2.23. The highest BCUT2D eigenvalue weighted by Crippen LogP contribution is 2.43. The average Bonchev–Trinajstić information content (AvgIpc) is 3.13. The van der Waals surface area contributed by atoms with Crippen molar-refractivity contribution < 1.29 is 0 Å². The van der Waals surface area contributed by atoms with Gasteiger partial charge in [-0.1, -0.05) is 20.8 Å². The van der Waals surface area contributed by atoms with Gasteiger partial charge in [0.15, 0.2) is 0 Å². The van der Waals surface area contributed by atoms with Gasteiger partial charge in [-0.25, -0.2) is 4.98 Å². The summed E-state index contributed by atoms with van der Waals surface area (Å²) in [7, 11) is 0. The number of rotatable bonds is 2. The van der Waals surface area contributed by atoms with Crippen LogP contribution in [0.25, 0.3) is 11.3 Å². The third kappa shape index (κ3) is 2.19. The molecule has 0 radical (unpaired) electrons. The molecular weight excluding hydrogens is 248 g/mol. The van der Waals surface area contributed by atoms with E-state index in [9.17, 15) is 0 Å². The number of pyridine rings is 1. The summed E-state index contributed by atoms with van der Waals surface area (Å²) in [4.78, 5) is 9.19. The molecule has 0 bridgehead atoms. The van der Waals surface area contributed by atoms with Crippen LogP contribution in [0.1, 0.15) is 51.2 Å². The fraction of sp³-hybridized carbons (Fsp3) is 0.500. The third-order valence-electron chi connectivity index (χ3n) is 3.72. The Kier molecular flexibility index (Phi) is 2.85. The van der Waals surface area contributed by atoms with Crippen LogP contribution in [0.15, 0.2) is 18.3 Å². The molecule has 4 nitrogen and oxygen atoms in total. The lowest BCUT2D eigenvalue weighted by Crippen LogP contribution is -2.19. The number of nitrogens with zero attached hydrogens (tertiary/aromatic N) is 3. The Morgan fingerprint density at radius 1 is 1.25 bits per heavy atom. The SMILES string of the molecule is Cc1ccc(-c2nc(C(C)(C)C)n(C3CC3)c2N)cn1. The summed E-state index contributed by atoms with van der Waals surface area (Å²) in [6.45, 7) is 8.54. The summed E-state index contributed by atoms with van der Waals surface area (Å²) in [5.41, 5.74) is 9.25. The minimum atomic E-state index is -0.00686. The Hall–Kier alpha value is -1.84. The molecule has 0 aliphatic heterocycles. The van der Waals surface area contributed by atoms with Crippen molar-refractivity contribution in [3.8, 4) is 11.3 Å². The molecule has 2 N–H and O–H groups in total. The highest BCUT2D eigenvalue weighted by molar-refractivity contribution is 5.71. The maximum atomic E-state index is 6.38. The lowest BCUT2D eigenvalue weighted by molar-refractivity contribution is 0.504. The maximum Gasteiger partial charge on any atom is 0.132 e. The first kappa shape index (κ1) is 13.2. The van der Waals surface area contributed by atoms with Crippen LogP contribution in [0.3, 0.4) is 0 Å². The largest absolute Gasteiger partial charge is 0.383 e. The molecule has 0 aromatic carbocycles. The molecule has 0 atom stereocenters. The van der Waals surface area contributed by atoms with Crippen LogP contribution < -0.4 is 5.73 Å². The molecule has 4 heteroatoms. The molecule has 2 aromatic rings. The molecular formula is C16H22N4. The zero-order valence-electron chi connectivity index (χ0n) is 12.6. The van der Waals surface area contributed by atoms with Crippen molar-refractivity contribution in [2.45, 2.75) is 52.0 Å². The van der Waals surface area contributed by atoms with Gasteiger partial charge in [0, 0.05) is 28.9 Å². The quantitative estimate of drug-likeness (QED) is 0.909. The number of aryl methyl sites for hydroxylation is 1. The fourth-order valence-corrected chi connectivity index (χ4v) is 2.50. The zero-order chi connectivity index (χ0) is 14.5. The molecule has 0 amide bonds. The van der Waals surface area contributed by atoms with Gasteiger partial charge in [-0.05, 0) is 31.9 Å². The highest BCUT2D eigenvalue weighted by Gasteiger charge is 2.34. The minimum absolute atomic E-state index is 0.00686. The number of anilines is 1. The predicted octanol–water partition coefficient (Wildman–Crippen LogP) is 3.47. The van der Waals surface area contributed by atoms with E-state index in [-0.39, 0.29) is 5.41 Å². The summed E-state index contributed by atoms with van der Waals surface area (Å²) >= 11 is 0. The number of imidazole rings is 1. The minimum Gasteiger partial charge on any atom is -0.383 e. The van der Waals surface area contributed by atoms with E-state index in [1.807, 2.05) is 25.3 Å². The van der Waals surface area contributed by atoms with Crippen LogP contribution in [0.4, 0.5) is 5.82 Å². The molecule has 0 spiro atoms. The Labute approximate surface area is 120 Å². The van der Waals surface area contributed by atoms with Crippen molar-refractivity contribution in [1.82, 2.24) is 14.5 Å². The first-order chi connectivity index (χ1) is 9.38. The van der Waals surface area contributed by atoms with E-state index < -0.39 is 0 Å². The molecule has 1 fully saturated rings. The molecule has 0 saturated heterocycles. The van der Waals surface area contributed by atoms with Crippen LogP contribution in [-0.2, 0) is 5.41 Å². The standard InChI is InChI=1S/C16H22N4/c1-10-5-6-11(9-18-10)13-14(17)20(12-7-8-12)15(19-13)16(2,3)4/h5-6,9,12H,7-8,17H2,1-4H3. The van der Waals surface area contributed by atoms with E-state index in [1.54, 1.807) is 0 Å². The smallest absolute Gasteiger partial charge is 0.132 e. The summed E-state index contributed by atoms with van der Waals surface area (Å²) in [5, 5.41) is 0. The highest BCUT2D eigenvalue weighted by atomic mass is 15.2. The number of nitrogens with two attached hydrogens (primary N) is 1. The van der Waals surface area contributed by atoms with Gasteiger partial charge < -0.3 is 10.3 Å². The average molecular weight is 270 g/mol. The van der Waals surface area contributed by atoms with Crippen LogP contribution in [0.5, 0.6) is 0 Å². The van der Waals surface area contributed by atoms with E-state index in [0.29, 0.717) is 6.04 Å². The number of nitrogen functional groups attached to an aromatic ring is 1. The topological polar surface area (TPSA) is 56.7 Å². The number of aromatic nitrogens is 3. The van der Waals surface area contributed by atoms with Gasteiger partial charge in [0.1, 0.15) is 17.3 Å². The molecule has 1 aliphatic carbocycles. The normalized spacial score (nSPS) is 15.6. The molecule has 2 heterocycles. The first-order valence-electron chi connectivity index (χ1n) is 7.19. The Morgan fingerprint density at radius 3 is 2.45 bits per heavy atom. The summed E-state index contributed by atoms with van der Waals surface area (Å²) in [6.07, 6.45) is 4.27. The molecule has 3 rings (SSSR count). The summed E-state index contributed by atoms with van der Waals surface area (Å²) in [5.74, 6) is 1.86. The number of hydrogen-bond acceptors (Lipinski definition) is 3. The van der Waals surface area contributed by atoms with Gasteiger partial charge in [0.05, 0.1) is 0 Å². The fourth-order valence-electron chi connectivity index (χ4n) is 2.50. The van der Waals surface area contributed by atoms with Crippen molar-refractivity contribution in [1.29, 1.82) is 0 Å². The Bertz CT molecular complexity index is 628. The Morgan fingerprint density at radius 2 is 1.95 bits per heavy atom. The Balaban J connectivity index is 2.15. The molecule has 0 unspecified atom stereocenters. The summed E-state index contributed by atoms with van der Waals surface area (Å²) in [6, 6.07) is 4.58. The van der Waals surface area contributed by atoms with Crippen LogP contribution in [0.2, 0.25) is 0 Å². The van der Waals surface area contributed by atoms with Gasteiger partial charge >= 0.3 is 0 Å². The van der Waals surface area contributed by atoms with E-state index in [2.05, 4.69) is 30.3 Å². The molecule has 20 heavy (non-hydrogen) atoms. The van der Waals surface area contributed by atoms with Crippen LogP contribution in [-0.4, -0.2) is 14.5 Å². The van der Waals surface area contributed by atoms with Crippen molar-refractivity contribution in [3.63, 3.8) is 0 Å². The molecule has 1 saturated carbocycles. The van der Waals surface area contributed by atoms with Crippen LogP contribution >= 0.6 is 0 Å². The lowest BCUT2D eigenvalue weighted by Gasteiger charge is -2.20. The second-order valence-corrected chi connectivity index (χ2v) is 6.71. The van der Waals surface area contributed by atoms with Crippen molar-refractivity contribution in [2.24, 2.45) is 0 Å². The molecule has 106 valence electrons. The molecule has 1 aliphatic rings. The van der Waals surface area contributed by atoms with E-state index in [4.69, 9.17) is 10.7 Å². The van der Waals surface area contributed by atoms with Gasteiger partial charge in [0.25, 0.3) is 0 Å². The lowest BCUT2D eigenvalue weighted by atomic mass is 9.95.